The van der Waals surface area contributed by atoms with E-state index < -0.39 is 9.84 Å². The van der Waals surface area contributed by atoms with Gasteiger partial charge in [0.1, 0.15) is 0 Å². The van der Waals surface area contributed by atoms with Crippen molar-refractivity contribution in [2.24, 2.45) is 0 Å². The second-order valence-electron chi connectivity index (χ2n) is 7.27. The SMILES string of the molecule is O=C1CSc2ccc(S(=O)(=O)CCC(=O)N[C@@H]3CCCc4ccccc43)cc2N1. The van der Waals surface area contributed by atoms with E-state index in [1.807, 2.05) is 18.2 Å². The Balaban J connectivity index is 1.40. The average molecular weight is 431 g/mol. The van der Waals surface area contributed by atoms with E-state index in [1.165, 1.54) is 29.5 Å². The lowest BCUT2D eigenvalue weighted by atomic mass is 9.88. The zero-order valence-corrected chi connectivity index (χ0v) is 17.4. The monoisotopic (exact) mass is 430 g/mol. The van der Waals surface area contributed by atoms with Crippen molar-refractivity contribution < 1.29 is 18.0 Å². The number of nitrogens with one attached hydrogen (secondary N) is 2. The summed E-state index contributed by atoms with van der Waals surface area (Å²) in [5, 5.41) is 5.69. The molecule has 0 spiro atoms. The fourth-order valence-corrected chi connectivity index (χ4v) is 5.82. The highest BCUT2D eigenvalue weighted by Gasteiger charge is 2.24. The molecule has 1 aliphatic carbocycles. The van der Waals surface area contributed by atoms with Crippen molar-refractivity contribution in [3.8, 4) is 0 Å². The Morgan fingerprint density at radius 3 is 2.90 bits per heavy atom. The third-order valence-corrected chi connectivity index (χ3v) is 8.03. The normalized spacial score (nSPS) is 18.3. The van der Waals surface area contributed by atoms with Crippen molar-refractivity contribution in [2.75, 3.05) is 16.8 Å². The first-order valence-electron chi connectivity index (χ1n) is 9.59. The fourth-order valence-electron chi connectivity index (χ4n) is 3.77. The molecule has 0 fully saturated rings. The highest BCUT2D eigenvalue weighted by atomic mass is 32.2. The van der Waals surface area contributed by atoms with Gasteiger partial charge < -0.3 is 10.6 Å². The van der Waals surface area contributed by atoms with E-state index >= 15 is 0 Å². The van der Waals surface area contributed by atoms with Crippen molar-refractivity contribution in [1.82, 2.24) is 5.32 Å². The number of anilines is 1. The van der Waals surface area contributed by atoms with E-state index in [1.54, 1.807) is 6.07 Å². The van der Waals surface area contributed by atoms with Crippen LogP contribution in [0, 0.1) is 0 Å². The number of fused-ring (bicyclic) bond motifs is 2. The number of hydrogen-bond acceptors (Lipinski definition) is 5. The van der Waals surface area contributed by atoms with Gasteiger partial charge in [-0.1, -0.05) is 24.3 Å². The molecule has 1 aliphatic heterocycles. The van der Waals surface area contributed by atoms with Gasteiger partial charge in [0.15, 0.2) is 9.84 Å². The summed E-state index contributed by atoms with van der Waals surface area (Å²) in [6.45, 7) is 0. The van der Waals surface area contributed by atoms with Gasteiger partial charge in [0.25, 0.3) is 0 Å². The molecular formula is C21H22N2O4S2. The van der Waals surface area contributed by atoms with Crippen LogP contribution in [0.25, 0.3) is 0 Å². The minimum Gasteiger partial charge on any atom is -0.349 e. The number of carbonyl (C=O) groups is 2. The topological polar surface area (TPSA) is 92.3 Å². The Hall–Kier alpha value is -2.32. The van der Waals surface area contributed by atoms with Crippen LogP contribution in [0.3, 0.4) is 0 Å². The van der Waals surface area contributed by atoms with Crippen molar-refractivity contribution in [1.29, 1.82) is 0 Å². The number of carbonyl (C=O) groups excluding carboxylic acids is 2. The van der Waals surface area contributed by atoms with Gasteiger partial charge in [-0.2, -0.15) is 0 Å². The maximum atomic E-state index is 12.7. The van der Waals surface area contributed by atoms with E-state index in [0.29, 0.717) is 11.4 Å². The summed E-state index contributed by atoms with van der Waals surface area (Å²) in [6, 6.07) is 12.7. The van der Waals surface area contributed by atoms with Crippen molar-refractivity contribution in [3.05, 3.63) is 53.6 Å². The third-order valence-electron chi connectivity index (χ3n) is 5.25. The third kappa shape index (κ3) is 4.48. The highest BCUT2D eigenvalue weighted by molar-refractivity contribution is 8.00. The Labute approximate surface area is 174 Å². The highest BCUT2D eigenvalue weighted by Crippen LogP contribution is 2.33. The molecule has 0 saturated carbocycles. The van der Waals surface area contributed by atoms with Crippen LogP contribution >= 0.6 is 11.8 Å². The van der Waals surface area contributed by atoms with Gasteiger partial charge in [-0.05, 0) is 48.6 Å². The van der Waals surface area contributed by atoms with Gasteiger partial charge in [-0.25, -0.2) is 8.42 Å². The van der Waals surface area contributed by atoms with E-state index in [9.17, 15) is 18.0 Å². The average Bonchev–Trinajstić information content (AvgIpc) is 2.72. The van der Waals surface area contributed by atoms with Crippen molar-refractivity contribution in [2.45, 2.75) is 41.5 Å². The van der Waals surface area contributed by atoms with Crippen LogP contribution in [0.5, 0.6) is 0 Å². The lowest BCUT2D eigenvalue weighted by molar-refractivity contribution is -0.121. The molecule has 0 radical (unpaired) electrons. The van der Waals surface area contributed by atoms with Crippen LogP contribution < -0.4 is 10.6 Å². The summed E-state index contributed by atoms with van der Waals surface area (Å²) in [4.78, 5) is 24.9. The first kappa shape index (κ1) is 20.0. The molecule has 0 saturated heterocycles. The molecule has 29 heavy (non-hydrogen) atoms. The van der Waals surface area contributed by atoms with Crippen LogP contribution in [0.15, 0.2) is 52.3 Å². The molecule has 0 bridgehead atoms. The molecular weight excluding hydrogens is 408 g/mol. The van der Waals surface area contributed by atoms with Gasteiger partial charge in [0.05, 0.1) is 28.1 Å². The van der Waals surface area contributed by atoms with E-state index in [2.05, 4.69) is 16.7 Å². The number of rotatable bonds is 5. The van der Waals surface area contributed by atoms with E-state index in [0.717, 1.165) is 29.7 Å². The van der Waals surface area contributed by atoms with Crippen LogP contribution in [-0.2, 0) is 25.8 Å². The minimum absolute atomic E-state index is 0.0638. The molecule has 0 unspecified atom stereocenters. The largest absolute Gasteiger partial charge is 0.349 e. The molecule has 2 aliphatic rings. The predicted octanol–water partition coefficient (Wildman–Crippen LogP) is 3.09. The Bertz CT molecular complexity index is 1070. The smallest absolute Gasteiger partial charge is 0.234 e. The predicted molar refractivity (Wildman–Crippen MR) is 113 cm³/mol. The second-order valence-corrected chi connectivity index (χ2v) is 10.4. The lowest BCUT2D eigenvalue weighted by Gasteiger charge is -2.26. The van der Waals surface area contributed by atoms with Crippen molar-refractivity contribution >= 4 is 39.1 Å². The first-order valence-corrected chi connectivity index (χ1v) is 12.2. The molecule has 152 valence electrons. The van der Waals surface area contributed by atoms with E-state index in [-0.39, 0.29) is 34.9 Å². The molecule has 2 N–H and O–H groups in total. The second kappa shape index (κ2) is 8.20. The van der Waals surface area contributed by atoms with Gasteiger partial charge >= 0.3 is 0 Å². The van der Waals surface area contributed by atoms with Gasteiger partial charge in [0.2, 0.25) is 11.8 Å². The molecule has 2 amide bonds. The Morgan fingerprint density at radius 2 is 2.03 bits per heavy atom. The first-order chi connectivity index (χ1) is 13.9. The quantitative estimate of drug-likeness (QED) is 0.761. The van der Waals surface area contributed by atoms with Crippen LogP contribution in [0.1, 0.15) is 36.4 Å². The van der Waals surface area contributed by atoms with Gasteiger partial charge in [0, 0.05) is 11.3 Å². The Morgan fingerprint density at radius 1 is 1.21 bits per heavy atom. The number of amides is 2. The number of sulfone groups is 1. The van der Waals surface area contributed by atoms with Crippen LogP contribution in [-0.4, -0.2) is 31.7 Å². The molecule has 0 aromatic heterocycles. The number of benzene rings is 2. The number of thioether (sulfide) groups is 1. The summed E-state index contributed by atoms with van der Waals surface area (Å²) < 4.78 is 25.4. The number of aryl methyl sites for hydroxylation is 1. The number of hydrogen-bond donors (Lipinski definition) is 2. The van der Waals surface area contributed by atoms with Crippen molar-refractivity contribution in [3.63, 3.8) is 0 Å². The minimum atomic E-state index is -3.63. The van der Waals surface area contributed by atoms with Crippen LogP contribution in [0.2, 0.25) is 0 Å². The zero-order valence-electron chi connectivity index (χ0n) is 15.8. The molecule has 1 heterocycles. The molecule has 8 heteroatoms. The molecule has 6 nitrogen and oxygen atoms in total. The molecule has 2 aromatic rings. The summed E-state index contributed by atoms with van der Waals surface area (Å²) in [7, 11) is -3.63. The molecule has 4 rings (SSSR count). The fraction of sp³-hybridized carbons (Fsp3) is 0.333. The Kier molecular flexibility index (Phi) is 5.65. The maximum absolute atomic E-state index is 12.7. The molecule has 1 atom stereocenters. The summed E-state index contributed by atoms with van der Waals surface area (Å²) in [5.41, 5.74) is 2.87. The van der Waals surface area contributed by atoms with Gasteiger partial charge in [-0.3, -0.25) is 9.59 Å². The maximum Gasteiger partial charge on any atom is 0.234 e. The van der Waals surface area contributed by atoms with Gasteiger partial charge in [-0.15, -0.1) is 11.8 Å². The summed E-state index contributed by atoms with van der Waals surface area (Å²) in [5.74, 6) is -0.363. The summed E-state index contributed by atoms with van der Waals surface area (Å²) >= 11 is 1.38. The standard InChI is InChI=1S/C21H22N2O4S2/c24-20(22-17-7-3-5-14-4-1-2-6-16(14)17)10-11-29(26,27)15-8-9-19-18(12-15)23-21(25)13-28-19/h1-2,4,6,8-9,12,17H,3,5,7,10-11,13H2,(H,22,24)(H,23,25)/t17-/m1/s1. The summed E-state index contributed by atoms with van der Waals surface area (Å²) in [6.07, 6.45) is 2.76. The zero-order chi connectivity index (χ0) is 20.4. The molecule has 2 aromatic carbocycles. The van der Waals surface area contributed by atoms with E-state index in [4.69, 9.17) is 0 Å². The van der Waals surface area contributed by atoms with Crippen LogP contribution in [0.4, 0.5) is 5.69 Å². The lowest BCUT2D eigenvalue weighted by Crippen LogP contribution is -2.32.